The lowest BCUT2D eigenvalue weighted by molar-refractivity contribution is 0.0703. The average Bonchev–Trinajstić information content (AvgIpc) is 2.95. The van der Waals surface area contributed by atoms with Gasteiger partial charge in [-0.25, -0.2) is 4.98 Å². The molecule has 0 N–H and O–H groups in total. The van der Waals surface area contributed by atoms with Crippen molar-refractivity contribution < 1.29 is 9.21 Å². The first-order valence-electron chi connectivity index (χ1n) is 7.40. The fourth-order valence-electron chi connectivity index (χ4n) is 2.88. The molecule has 5 nitrogen and oxygen atoms in total. The Labute approximate surface area is 118 Å². The number of amides is 1. The van der Waals surface area contributed by atoms with Crippen LogP contribution in [0.3, 0.4) is 0 Å². The third-order valence-corrected chi connectivity index (χ3v) is 4.20. The second-order valence-electron chi connectivity index (χ2n) is 5.80. The number of oxazole rings is 1. The van der Waals surface area contributed by atoms with Gasteiger partial charge in [0.05, 0.1) is 6.07 Å². The Morgan fingerprint density at radius 3 is 2.80 bits per heavy atom. The first-order valence-corrected chi connectivity index (χ1v) is 7.40. The predicted octanol–water partition coefficient (Wildman–Crippen LogP) is 2.54. The van der Waals surface area contributed by atoms with Crippen LogP contribution in [0.1, 0.15) is 54.9 Å². The highest BCUT2D eigenvalue weighted by Gasteiger charge is 2.30. The number of carbonyl (C=O) groups excluding carboxylic acids is 1. The minimum atomic E-state index is -0.163. The molecule has 2 fully saturated rings. The molecule has 106 valence electrons. The molecular weight excluding hydrogens is 254 g/mol. The van der Waals surface area contributed by atoms with Crippen molar-refractivity contribution >= 4 is 5.91 Å². The molecular formula is C15H19N3O2. The van der Waals surface area contributed by atoms with Crippen molar-refractivity contribution in [2.24, 2.45) is 5.92 Å². The summed E-state index contributed by atoms with van der Waals surface area (Å²) in [6.07, 6.45) is 8.97. The lowest BCUT2D eigenvalue weighted by Crippen LogP contribution is -2.39. The van der Waals surface area contributed by atoms with Gasteiger partial charge in [-0.1, -0.05) is 12.8 Å². The number of nitriles is 1. The molecule has 2 saturated carbocycles. The van der Waals surface area contributed by atoms with Crippen molar-refractivity contribution in [2.75, 3.05) is 6.54 Å². The monoisotopic (exact) mass is 273 g/mol. The maximum atomic E-state index is 12.5. The van der Waals surface area contributed by atoms with Crippen molar-refractivity contribution in [2.45, 2.75) is 51.0 Å². The summed E-state index contributed by atoms with van der Waals surface area (Å²) in [5.74, 6) is 1.17. The Kier molecular flexibility index (Phi) is 3.72. The van der Waals surface area contributed by atoms with Gasteiger partial charge in [-0.15, -0.1) is 0 Å². The first kappa shape index (κ1) is 13.2. The Balaban J connectivity index is 1.70. The van der Waals surface area contributed by atoms with Gasteiger partial charge in [0, 0.05) is 12.5 Å². The number of hydrogen-bond acceptors (Lipinski definition) is 4. The molecule has 5 heteroatoms. The number of hydrogen-bond donors (Lipinski definition) is 0. The minimum Gasteiger partial charge on any atom is -0.448 e. The maximum Gasteiger partial charge on any atom is 0.276 e. The Bertz CT molecular complexity index is 521. The molecule has 1 aromatic heterocycles. The third-order valence-electron chi connectivity index (χ3n) is 4.20. The van der Waals surface area contributed by atoms with Crippen LogP contribution in [0, 0.1) is 17.2 Å². The van der Waals surface area contributed by atoms with Gasteiger partial charge >= 0.3 is 0 Å². The van der Waals surface area contributed by atoms with Crippen LogP contribution >= 0.6 is 0 Å². The SMILES string of the molecule is N#CCN(C(=O)c1coc(CC2CC2)n1)C1CCCC1. The Morgan fingerprint density at radius 1 is 1.40 bits per heavy atom. The summed E-state index contributed by atoms with van der Waals surface area (Å²) in [4.78, 5) is 18.4. The normalized spacial score (nSPS) is 18.9. The van der Waals surface area contributed by atoms with Gasteiger partial charge in [0.15, 0.2) is 11.6 Å². The van der Waals surface area contributed by atoms with Crippen molar-refractivity contribution in [1.29, 1.82) is 5.26 Å². The van der Waals surface area contributed by atoms with E-state index in [9.17, 15) is 4.79 Å². The maximum absolute atomic E-state index is 12.5. The van der Waals surface area contributed by atoms with Gasteiger partial charge in [0.1, 0.15) is 12.8 Å². The van der Waals surface area contributed by atoms with E-state index in [0.29, 0.717) is 17.5 Å². The zero-order chi connectivity index (χ0) is 13.9. The summed E-state index contributed by atoms with van der Waals surface area (Å²) in [6.45, 7) is 0.133. The standard InChI is InChI=1S/C15H19N3O2/c16-7-8-18(12-3-1-2-4-12)15(19)13-10-20-14(17-13)9-11-5-6-11/h10-12H,1-6,8-9H2. The molecule has 1 aromatic rings. The van der Waals surface area contributed by atoms with E-state index in [2.05, 4.69) is 11.1 Å². The molecule has 2 aliphatic rings. The largest absolute Gasteiger partial charge is 0.448 e. The lowest BCUT2D eigenvalue weighted by atomic mass is 10.2. The highest BCUT2D eigenvalue weighted by molar-refractivity contribution is 5.92. The second kappa shape index (κ2) is 5.66. The van der Waals surface area contributed by atoms with Crippen LogP contribution in [0.2, 0.25) is 0 Å². The predicted molar refractivity (Wildman–Crippen MR) is 71.8 cm³/mol. The molecule has 20 heavy (non-hydrogen) atoms. The van der Waals surface area contributed by atoms with Crippen LogP contribution in [0.15, 0.2) is 10.7 Å². The third kappa shape index (κ3) is 2.84. The van der Waals surface area contributed by atoms with Crippen LogP contribution in [-0.4, -0.2) is 28.4 Å². The molecule has 2 aliphatic carbocycles. The Hall–Kier alpha value is -1.83. The van der Waals surface area contributed by atoms with Gasteiger partial charge in [0.2, 0.25) is 0 Å². The zero-order valence-corrected chi connectivity index (χ0v) is 11.5. The lowest BCUT2D eigenvalue weighted by Gasteiger charge is -2.25. The van der Waals surface area contributed by atoms with Crippen LogP contribution in [0.4, 0.5) is 0 Å². The Morgan fingerprint density at radius 2 is 2.15 bits per heavy atom. The topological polar surface area (TPSA) is 70.1 Å². The number of nitrogens with zero attached hydrogens (tertiary/aromatic N) is 3. The number of rotatable bonds is 5. The molecule has 1 heterocycles. The smallest absolute Gasteiger partial charge is 0.276 e. The zero-order valence-electron chi connectivity index (χ0n) is 11.5. The summed E-state index contributed by atoms with van der Waals surface area (Å²) in [7, 11) is 0. The first-order chi connectivity index (χ1) is 9.78. The molecule has 0 atom stereocenters. The summed E-state index contributed by atoms with van der Waals surface area (Å²) < 4.78 is 5.39. The molecule has 0 spiro atoms. The summed E-state index contributed by atoms with van der Waals surface area (Å²) in [5, 5.41) is 8.94. The molecule has 1 amide bonds. The summed E-state index contributed by atoms with van der Waals surface area (Å²) in [6, 6.07) is 2.28. The second-order valence-corrected chi connectivity index (χ2v) is 5.80. The highest BCUT2D eigenvalue weighted by atomic mass is 16.3. The quantitative estimate of drug-likeness (QED) is 0.773. The van der Waals surface area contributed by atoms with Gasteiger partial charge in [0.25, 0.3) is 5.91 Å². The highest BCUT2D eigenvalue weighted by Crippen LogP contribution is 2.32. The summed E-state index contributed by atoms with van der Waals surface area (Å²) in [5.41, 5.74) is 0.350. The van der Waals surface area contributed by atoms with E-state index >= 15 is 0 Å². The van der Waals surface area contributed by atoms with Crippen molar-refractivity contribution in [1.82, 2.24) is 9.88 Å². The van der Waals surface area contributed by atoms with Crippen LogP contribution in [0.25, 0.3) is 0 Å². The van der Waals surface area contributed by atoms with E-state index in [0.717, 1.165) is 32.1 Å². The van der Waals surface area contributed by atoms with E-state index in [4.69, 9.17) is 9.68 Å². The molecule has 0 saturated heterocycles. The molecule has 0 aromatic carbocycles. The van der Waals surface area contributed by atoms with Crippen molar-refractivity contribution in [3.8, 4) is 6.07 Å². The van der Waals surface area contributed by atoms with E-state index in [1.165, 1.54) is 19.1 Å². The molecule has 0 unspecified atom stereocenters. The molecule has 0 aliphatic heterocycles. The average molecular weight is 273 g/mol. The fourth-order valence-corrected chi connectivity index (χ4v) is 2.88. The van der Waals surface area contributed by atoms with Gasteiger partial charge in [-0.3, -0.25) is 4.79 Å². The molecule has 0 bridgehead atoms. The fraction of sp³-hybridized carbons (Fsp3) is 0.667. The van der Waals surface area contributed by atoms with Gasteiger partial charge < -0.3 is 9.32 Å². The van der Waals surface area contributed by atoms with Crippen molar-refractivity contribution in [3.05, 3.63) is 17.8 Å². The van der Waals surface area contributed by atoms with E-state index < -0.39 is 0 Å². The van der Waals surface area contributed by atoms with Gasteiger partial charge in [-0.2, -0.15) is 5.26 Å². The molecule has 3 rings (SSSR count). The van der Waals surface area contributed by atoms with Crippen molar-refractivity contribution in [3.63, 3.8) is 0 Å². The van der Waals surface area contributed by atoms with Crippen LogP contribution in [-0.2, 0) is 6.42 Å². The van der Waals surface area contributed by atoms with Crippen LogP contribution < -0.4 is 0 Å². The van der Waals surface area contributed by atoms with E-state index in [-0.39, 0.29) is 18.5 Å². The van der Waals surface area contributed by atoms with Crippen LogP contribution in [0.5, 0.6) is 0 Å². The summed E-state index contributed by atoms with van der Waals surface area (Å²) >= 11 is 0. The molecule has 0 radical (unpaired) electrons. The minimum absolute atomic E-state index is 0.133. The van der Waals surface area contributed by atoms with E-state index in [1.807, 2.05) is 0 Å². The number of aromatic nitrogens is 1. The van der Waals surface area contributed by atoms with Gasteiger partial charge in [-0.05, 0) is 31.6 Å². The van der Waals surface area contributed by atoms with E-state index in [1.54, 1.807) is 4.90 Å². The number of carbonyl (C=O) groups is 1.